The summed E-state index contributed by atoms with van der Waals surface area (Å²) in [7, 11) is 0. The van der Waals surface area contributed by atoms with Gasteiger partial charge < -0.3 is 10.2 Å². The molecule has 0 unspecified atom stereocenters. The molecular formula is C23H29ClN2O2. The van der Waals surface area contributed by atoms with Crippen LogP contribution in [0.5, 0.6) is 0 Å². The van der Waals surface area contributed by atoms with Crippen LogP contribution in [0.3, 0.4) is 0 Å². The first-order valence-electron chi connectivity index (χ1n) is 9.83. The third kappa shape index (κ3) is 6.10. The lowest BCUT2D eigenvalue weighted by molar-refractivity contribution is -0.141. The Morgan fingerprint density at radius 2 is 1.64 bits per heavy atom. The van der Waals surface area contributed by atoms with Gasteiger partial charge in [0.25, 0.3) is 0 Å². The predicted molar refractivity (Wildman–Crippen MR) is 114 cm³/mol. The maximum atomic E-state index is 13.2. The average molecular weight is 401 g/mol. The Labute approximate surface area is 172 Å². The van der Waals surface area contributed by atoms with Crippen molar-refractivity contribution in [2.75, 3.05) is 0 Å². The van der Waals surface area contributed by atoms with E-state index in [9.17, 15) is 9.59 Å². The molecule has 0 radical (unpaired) electrons. The van der Waals surface area contributed by atoms with Crippen LogP contribution in [0.2, 0.25) is 5.02 Å². The first-order valence-corrected chi connectivity index (χ1v) is 10.2. The second-order valence-corrected chi connectivity index (χ2v) is 7.42. The highest BCUT2D eigenvalue weighted by Gasteiger charge is 2.29. The SMILES string of the molecule is CC[C@@H](C)NC(=O)[C@@H](CC)N(Cc1ccccc1Cl)C(=O)Cc1ccccc1. The largest absolute Gasteiger partial charge is 0.352 e. The standard InChI is InChI=1S/C23H29ClN2O2/c1-4-17(3)25-23(28)21(5-2)26(16-19-13-9-10-14-20(19)24)22(27)15-18-11-7-6-8-12-18/h6-14,17,21H,4-5,15-16H2,1-3H3,(H,25,28)/t17-,21-/m1/s1. The fourth-order valence-electron chi connectivity index (χ4n) is 3.04. The highest BCUT2D eigenvalue weighted by atomic mass is 35.5. The van der Waals surface area contributed by atoms with Gasteiger partial charge in [-0.15, -0.1) is 0 Å². The zero-order chi connectivity index (χ0) is 20.5. The zero-order valence-corrected chi connectivity index (χ0v) is 17.6. The lowest BCUT2D eigenvalue weighted by Gasteiger charge is -2.31. The van der Waals surface area contributed by atoms with E-state index in [2.05, 4.69) is 5.32 Å². The summed E-state index contributed by atoms with van der Waals surface area (Å²) < 4.78 is 0. The van der Waals surface area contributed by atoms with Crippen molar-refractivity contribution in [3.63, 3.8) is 0 Å². The summed E-state index contributed by atoms with van der Waals surface area (Å²) in [6.07, 6.45) is 1.62. The van der Waals surface area contributed by atoms with Crippen molar-refractivity contribution < 1.29 is 9.59 Å². The van der Waals surface area contributed by atoms with Gasteiger partial charge in [0, 0.05) is 17.6 Å². The molecule has 2 rings (SSSR count). The van der Waals surface area contributed by atoms with Crippen LogP contribution < -0.4 is 5.32 Å². The van der Waals surface area contributed by atoms with Crippen molar-refractivity contribution in [2.24, 2.45) is 0 Å². The van der Waals surface area contributed by atoms with Gasteiger partial charge in [0.15, 0.2) is 0 Å². The Balaban J connectivity index is 2.29. The van der Waals surface area contributed by atoms with Crippen molar-refractivity contribution in [3.8, 4) is 0 Å². The van der Waals surface area contributed by atoms with E-state index in [0.717, 1.165) is 17.5 Å². The Hall–Kier alpha value is -2.33. The number of carbonyl (C=O) groups excluding carboxylic acids is 2. The van der Waals surface area contributed by atoms with Gasteiger partial charge in [-0.1, -0.05) is 74.0 Å². The lowest BCUT2D eigenvalue weighted by Crippen LogP contribution is -2.51. The van der Waals surface area contributed by atoms with Crippen LogP contribution in [0.4, 0.5) is 0 Å². The third-order valence-corrected chi connectivity index (χ3v) is 5.25. The van der Waals surface area contributed by atoms with Crippen molar-refractivity contribution >= 4 is 23.4 Å². The van der Waals surface area contributed by atoms with Crippen LogP contribution in [0, 0.1) is 0 Å². The molecule has 0 spiro atoms. The van der Waals surface area contributed by atoms with Gasteiger partial charge in [-0.2, -0.15) is 0 Å². The molecule has 0 bridgehead atoms. The Morgan fingerprint density at radius 1 is 1.00 bits per heavy atom. The maximum absolute atomic E-state index is 13.2. The smallest absolute Gasteiger partial charge is 0.243 e. The van der Waals surface area contributed by atoms with E-state index in [4.69, 9.17) is 11.6 Å². The Morgan fingerprint density at radius 3 is 2.25 bits per heavy atom. The highest BCUT2D eigenvalue weighted by Crippen LogP contribution is 2.20. The average Bonchev–Trinajstić information content (AvgIpc) is 2.69. The molecule has 0 saturated heterocycles. The van der Waals surface area contributed by atoms with Crippen LogP contribution in [0.1, 0.15) is 44.7 Å². The summed E-state index contributed by atoms with van der Waals surface area (Å²) in [5, 5.41) is 3.61. The minimum absolute atomic E-state index is 0.0629. The number of hydrogen-bond acceptors (Lipinski definition) is 2. The van der Waals surface area contributed by atoms with Crippen LogP contribution in [0.15, 0.2) is 54.6 Å². The minimum atomic E-state index is -0.540. The second-order valence-electron chi connectivity index (χ2n) is 7.02. The van der Waals surface area contributed by atoms with Crippen molar-refractivity contribution in [2.45, 2.75) is 58.7 Å². The molecule has 2 amide bonds. The van der Waals surface area contributed by atoms with Crippen molar-refractivity contribution in [3.05, 3.63) is 70.7 Å². The molecule has 5 heteroatoms. The molecule has 150 valence electrons. The number of nitrogens with one attached hydrogen (secondary N) is 1. The molecule has 2 aromatic rings. The van der Waals surface area contributed by atoms with Crippen LogP contribution >= 0.6 is 11.6 Å². The minimum Gasteiger partial charge on any atom is -0.352 e. The summed E-state index contributed by atoms with van der Waals surface area (Å²) in [6.45, 7) is 6.22. The molecule has 1 N–H and O–H groups in total. The van der Waals surface area contributed by atoms with Gasteiger partial charge in [-0.05, 0) is 37.0 Å². The predicted octanol–water partition coefficient (Wildman–Crippen LogP) is 4.60. The maximum Gasteiger partial charge on any atom is 0.243 e. The van der Waals surface area contributed by atoms with E-state index in [1.54, 1.807) is 11.0 Å². The van der Waals surface area contributed by atoms with Crippen LogP contribution in [0.25, 0.3) is 0 Å². The molecule has 28 heavy (non-hydrogen) atoms. The number of hydrogen-bond donors (Lipinski definition) is 1. The van der Waals surface area contributed by atoms with Gasteiger partial charge in [0.05, 0.1) is 6.42 Å². The van der Waals surface area contributed by atoms with Crippen molar-refractivity contribution in [1.29, 1.82) is 0 Å². The Bertz CT molecular complexity index is 779. The summed E-state index contributed by atoms with van der Waals surface area (Å²) in [6, 6.07) is 16.6. The number of nitrogens with zero attached hydrogens (tertiary/aromatic N) is 1. The molecule has 0 fully saturated rings. The fraction of sp³-hybridized carbons (Fsp3) is 0.391. The van der Waals surface area contributed by atoms with Crippen molar-refractivity contribution in [1.82, 2.24) is 10.2 Å². The van der Waals surface area contributed by atoms with E-state index < -0.39 is 6.04 Å². The topological polar surface area (TPSA) is 49.4 Å². The number of carbonyl (C=O) groups is 2. The van der Waals surface area contributed by atoms with Gasteiger partial charge >= 0.3 is 0 Å². The third-order valence-electron chi connectivity index (χ3n) is 4.88. The van der Waals surface area contributed by atoms with Gasteiger partial charge in [-0.3, -0.25) is 9.59 Å². The molecule has 0 aromatic heterocycles. The molecule has 4 nitrogen and oxygen atoms in total. The first-order chi connectivity index (χ1) is 13.5. The molecule has 0 aliphatic rings. The lowest BCUT2D eigenvalue weighted by atomic mass is 10.1. The molecule has 2 aromatic carbocycles. The van der Waals surface area contributed by atoms with Gasteiger partial charge in [-0.25, -0.2) is 0 Å². The number of halogens is 1. The summed E-state index contributed by atoms with van der Waals surface area (Å²) in [5.74, 6) is -0.206. The quantitative estimate of drug-likeness (QED) is 0.668. The molecule has 0 heterocycles. The first kappa shape index (κ1) is 22.0. The molecule has 0 aliphatic carbocycles. The van der Waals surface area contributed by atoms with Gasteiger partial charge in [0.1, 0.15) is 6.04 Å². The van der Waals surface area contributed by atoms with E-state index in [1.807, 2.05) is 69.3 Å². The summed E-state index contributed by atoms with van der Waals surface area (Å²) in [4.78, 5) is 27.7. The number of benzene rings is 2. The van der Waals surface area contributed by atoms with Gasteiger partial charge in [0.2, 0.25) is 11.8 Å². The number of rotatable bonds is 9. The molecule has 0 saturated carbocycles. The summed E-state index contributed by atoms with van der Waals surface area (Å²) >= 11 is 6.33. The normalized spacial score (nSPS) is 12.9. The highest BCUT2D eigenvalue weighted by molar-refractivity contribution is 6.31. The van der Waals surface area contributed by atoms with E-state index in [0.29, 0.717) is 18.0 Å². The van der Waals surface area contributed by atoms with E-state index in [1.165, 1.54) is 0 Å². The molecular weight excluding hydrogens is 372 g/mol. The van der Waals surface area contributed by atoms with E-state index >= 15 is 0 Å². The molecule has 0 aliphatic heterocycles. The van der Waals surface area contributed by atoms with Crippen LogP contribution in [-0.2, 0) is 22.6 Å². The number of amides is 2. The monoisotopic (exact) mass is 400 g/mol. The van der Waals surface area contributed by atoms with E-state index in [-0.39, 0.29) is 24.3 Å². The van der Waals surface area contributed by atoms with Crippen LogP contribution in [-0.4, -0.2) is 28.8 Å². The zero-order valence-electron chi connectivity index (χ0n) is 16.8. The molecule has 2 atom stereocenters. The Kier molecular flexibility index (Phi) is 8.52. The second kappa shape index (κ2) is 10.9. The fourth-order valence-corrected chi connectivity index (χ4v) is 3.24. The summed E-state index contributed by atoms with van der Waals surface area (Å²) in [5.41, 5.74) is 1.76.